The molecule has 1 aromatic rings. The Morgan fingerprint density at radius 2 is 1.81 bits per heavy atom. The summed E-state index contributed by atoms with van der Waals surface area (Å²) in [7, 11) is 0. The maximum atomic E-state index is 12.2. The minimum atomic E-state index is -0.425. The number of hydrogen-bond donors (Lipinski definition) is 1. The Balaban J connectivity index is 1.74. The number of nitrogens with zero attached hydrogens (tertiary/aromatic N) is 1. The molecule has 2 rings (SSSR count). The summed E-state index contributed by atoms with van der Waals surface area (Å²) in [5.74, 6) is -0.0144. The number of likely N-dealkylation sites (tertiary alicyclic amines) is 1. The third-order valence-corrected chi connectivity index (χ3v) is 3.90. The first-order chi connectivity index (χ1) is 10.2. The number of rotatable bonds is 5. The molecule has 0 aliphatic carbocycles. The van der Waals surface area contributed by atoms with Crippen molar-refractivity contribution in [3.05, 3.63) is 35.9 Å². The van der Waals surface area contributed by atoms with Gasteiger partial charge in [-0.1, -0.05) is 30.3 Å². The summed E-state index contributed by atoms with van der Waals surface area (Å²) in [6, 6.07) is 9.49. The molecule has 1 N–H and O–H groups in total. The zero-order valence-corrected chi connectivity index (χ0v) is 12.7. The Bertz CT molecular complexity index is 467. The molecule has 1 aliphatic heterocycles. The molecular weight excluding hydrogens is 264 g/mol. The smallest absolute Gasteiger partial charge is 0.244 e. The van der Waals surface area contributed by atoms with Crippen molar-refractivity contribution in [2.45, 2.75) is 45.1 Å². The standard InChI is InChI=1S/C17H24N2O2/c1-14(17(21)19-12-6-3-7-13-19)18-16(20)11-10-15-8-4-2-5-9-15/h2,4-5,8-9,14H,3,6-7,10-13H2,1H3,(H,18,20)/t14-/m1/s1. The van der Waals surface area contributed by atoms with Gasteiger partial charge in [0.1, 0.15) is 6.04 Å². The van der Waals surface area contributed by atoms with Crippen LogP contribution in [0.3, 0.4) is 0 Å². The summed E-state index contributed by atoms with van der Waals surface area (Å²) in [6.07, 6.45) is 4.46. The first-order valence-electron chi connectivity index (χ1n) is 7.79. The van der Waals surface area contributed by atoms with Crippen LogP contribution in [0.4, 0.5) is 0 Å². The molecule has 1 atom stereocenters. The largest absolute Gasteiger partial charge is 0.345 e. The lowest BCUT2D eigenvalue weighted by Gasteiger charge is -2.29. The topological polar surface area (TPSA) is 49.4 Å². The zero-order chi connectivity index (χ0) is 15.1. The van der Waals surface area contributed by atoms with Gasteiger partial charge in [-0.2, -0.15) is 0 Å². The van der Waals surface area contributed by atoms with Crippen molar-refractivity contribution in [1.82, 2.24) is 10.2 Å². The van der Waals surface area contributed by atoms with E-state index < -0.39 is 6.04 Å². The molecule has 1 heterocycles. The monoisotopic (exact) mass is 288 g/mol. The maximum Gasteiger partial charge on any atom is 0.244 e. The zero-order valence-electron chi connectivity index (χ0n) is 12.7. The third-order valence-electron chi connectivity index (χ3n) is 3.90. The molecule has 1 saturated heterocycles. The quantitative estimate of drug-likeness (QED) is 0.902. The van der Waals surface area contributed by atoms with E-state index in [2.05, 4.69) is 5.32 Å². The highest BCUT2D eigenvalue weighted by Gasteiger charge is 2.23. The SMILES string of the molecule is C[C@@H](NC(=O)CCc1ccccc1)C(=O)N1CCCCC1. The Labute approximate surface area is 126 Å². The van der Waals surface area contributed by atoms with Crippen LogP contribution < -0.4 is 5.32 Å². The predicted molar refractivity (Wildman–Crippen MR) is 82.8 cm³/mol. The van der Waals surface area contributed by atoms with Crippen LogP contribution in [0.5, 0.6) is 0 Å². The Morgan fingerprint density at radius 1 is 1.14 bits per heavy atom. The number of benzene rings is 1. The van der Waals surface area contributed by atoms with E-state index in [-0.39, 0.29) is 11.8 Å². The van der Waals surface area contributed by atoms with E-state index >= 15 is 0 Å². The molecule has 0 saturated carbocycles. The van der Waals surface area contributed by atoms with Gasteiger partial charge in [-0.3, -0.25) is 9.59 Å². The third kappa shape index (κ3) is 4.88. The van der Waals surface area contributed by atoms with E-state index in [0.717, 1.165) is 31.5 Å². The normalized spacial score (nSPS) is 16.3. The molecule has 2 amide bonds. The van der Waals surface area contributed by atoms with Crippen LogP contribution in [-0.4, -0.2) is 35.8 Å². The highest BCUT2D eigenvalue weighted by atomic mass is 16.2. The second-order valence-electron chi connectivity index (χ2n) is 5.66. The van der Waals surface area contributed by atoms with Crippen molar-refractivity contribution in [2.75, 3.05) is 13.1 Å². The van der Waals surface area contributed by atoms with Crippen molar-refractivity contribution >= 4 is 11.8 Å². The lowest BCUT2D eigenvalue weighted by atomic mass is 10.1. The Morgan fingerprint density at radius 3 is 2.48 bits per heavy atom. The lowest BCUT2D eigenvalue weighted by molar-refractivity contribution is -0.136. The lowest BCUT2D eigenvalue weighted by Crippen LogP contribution is -2.48. The number of hydrogen-bond acceptors (Lipinski definition) is 2. The molecule has 0 aromatic heterocycles. The molecule has 0 bridgehead atoms. The van der Waals surface area contributed by atoms with Gasteiger partial charge in [-0.05, 0) is 38.2 Å². The summed E-state index contributed by atoms with van der Waals surface area (Å²) in [5, 5.41) is 2.82. The van der Waals surface area contributed by atoms with E-state index in [0.29, 0.717) is 12.8 Å². The van der Waals surface area contributed by atoms with Crippen molar-refractivity contribution in [3.63, 3.8) is 0 Å². The fourth-order valence-electron chi connectivity index (χ4n) is 2.67. The maximum absolute atomic E-state index is 12.2. The molecular formula is C17H24N2O2. The molecule has 4 heteroatoms. The summed E-state index contributed by atoms with van der Waals surface area (Å²) in [6.45, 7) is 3.42. The fraction of sp³-hybridized carbons (Fsp3) is 0.529. The second-order valence-corrected chi connectivity index (χ2v) is 5.66. The number of carbonyl (C=O) groups excluding carboxylic acids is 2. The Hall–Kier alpha value is -1.84. The summed E-state index contributed by atoms with van der Waals surface area (Å²) in [5.41, 5.74) is 1.14. The van der Waals surface area contributed by atoms with E-state index in [4.69, 9.17) is 0 Å². The average Bonchev–Trinajstić information content (AvgIpc) is 2.54. The van der Waals surface area contributed by atoms with Crippen LogP contribution in [0.15, 0.2) is 30.3 Å². The summed E-state index contributed by atoms with van der Waals surface area (Å²) in [4.78, 5) is 26.0. The van der Waals surface area contributed by atoms with Crippen LogP contribution in [0.2, 0.25) is 0 Å². The molecule has 0 spiro atoms. The predicted octanol–water partition coefficient (Wildman–Crippen LogP) is 2.14. The van der Waals surface area contributed by atoms with Gasteiger partial charge in [0.2, 0.25) is 11.8 Å². The summed E-state index contributed by atoms with van der Waals surface area (Å²) >= 11 is 0. The number of piperidine rings is 1. The fourth-order valence-corrected chi connectivity index (χ4v) is 2.67. The van der Waals surface area contributed by atoms with Crippen LogP contribution in [0.1, 0.15) is 38.2 Å². The molecule has 0 radical (unpaired) electrons. The van der Waals surface area contributed by atoms with Crippen molar-refractivity contribution in [1.29, 1.82) is 0 Å². The van der Waals surface area contributed by atoms with E-state index in [1.165, 1.54) is 6.42 Å². The van der Waals surface area contributed by atoms with E-state index in [1.807, 2.05) is 35.2 Å². The molecule has 0 unspecified atom stereocenters. The van der Waals surface area contributed by atoms with Gasteiger partial charge in [-0.25, -0.2) is 0 Å². The summed E-state index contributed by atoms with van der Waals surface area (Å²) < 4.78 is 0. The Kier molecular flexibility index (Phi) is 5.78. The van der Waals surface area contributed by atoms with Gasteiger partial charge in [0.25, 0.3) is 0 Å². The highest BCUT2D eigenvalue weighted by molar-refractivity contribution is 5.87. The van der Waals surface area contributed by atoms with Gasteiger partial charge < -0.3 is 10.2 Å². The number of aryl methyl sites for hydroxylation is 1. The first kappa shape index (κ1) is 15.5. The first-order valence-corrected chi connectivity index (χ1v) is 7.79. The minimum absolute atomic E-state index is 0.0442. The van der Waals surface area contributed by atoms with Crippen molar-refractivity contribution in [3.8, 4) is 0 Å². The molecule has 4 nitrogen and oxygen atoms in total. The van der Waals surface area contributed by atoms with Crippen LogP contribution in [0.25, 0.3) is 0 Å². The van der Waals surface area contributed by atoms with Gasteiger partial charge in [0.15, 0.2) is 0 Å². The van der Waals surface area contributed by atoms with E-state index in [9.17, 15) is 9.59 Å². The number of amides is 2. The molecule has 1 aromatic carbocycles. The van der Waals surface area contributed by atoms with Crippen LogP contribution >= 0.6 is 0 Å². The van der Waals surface area contributed by atoms with Crippen molar-refractivity contribution < 1.29 is 9.59 Å². The van der Waals surface area contributed by atoms with Crippen LogP contribution in [0, 0.1) is 0 Å². The second kappa shape index (κ2) is 7.81. The number of carbonyl (C=O) groups is 2. The van der Waals surface area contributed by atoms with Gasteiger partial charge >= 0.3 is 0 Å². The van der Waals surface area contributed by atoms with Gasteiger partial charge in [0.05, 0.1) is 0 Å². The average molecular weight is 288 g/mol. The minimum Gasteiger partial charge on any atom is -0.345 e. The van der Waals surface area contributed by atoms with Gasteiger partial charge in [-0.15, -0.1) is 0 Å². The number of nitrogens with one attached hydrogen (secondary N) is 1. The van der Waals surface area contributed by atoms with E-state index in [1.54, 1.807) is 6.92 Å². The molecule has 21 heavy (non-hydrogen) atoms. The molecule has 114 valence electrons. The highest BCUT2D eigenvalue weighted by Crippen LogP contribution is 2.10. The van der Waals surface area contributed by atoms with Crippen molar-refractivity contribution in [2.24, 2.45) is 0 Å². The van der Waals surface area contributed by atoms with Crippen LogP contribution in [-0.2, 0) is 16.0 Å². The molecule has 1 fully saturated rings. The van der Waals surface area contributed by atoms with Gasteiger partial charge in [0, 0.05) is 19.5 Å². The molecule has 1 aliphatic rings.